The standard InChI is InChI=1S/C24H36ClN5O2/c1-2-3-10-32-22-14-20(26)23-24(28-22)30(9-6-21(31)27-23)16-18-11-17(12-19(25)13-18)15-29-7-4-5-8-29/h11-12,18,22-23,26H,2-10,13-16H2,1H3,(H,27,31). The smallest absolute Gasteiger partial charge is 0.222 e. The van der Waals surface area contributed by atoms with Crippen molar-refractivity contribution in [1.82, 2.24) is 15.1 Å². The highest BCUT2D eigenvalue weighted by molar-refractivity contribution is 6.29. The number of rotatable bonds is 8. The maximum Gasteiger partial charge on any atom is 0.222 e. The summed E-state index contributed by atoms with van der Waals surface area (Å²) in [7, 11) is 0. The molecule has 0 saturated carbocycles. The third-order valence-electron chi connectivity index (χ3n) is 6.63. The Hall–Kier alpha value is -1.70. The van der Waals surface area contributed by atoms with Gasteiger partial charge in [0.25, 0.3) is 0 Å². The number of carbonyl (C=O) groups excluding carboxylic acids is 1. The van der Waals surface area contributed by atoms with Gasteiger partial charge in [-0.15, -0.1) is 0 Å². The Morgan fingerprint density at radius 2 is 2.09 bits per heavy atom. The van der Waals surface area contributed by atoms with E-state index in [1.54, 1.807) is 0 Å². The average Bonchev–Trinajstić information content (AvgIpc) is 3.20. The number of carbonyl (C=O) groups is 1. The molecule has 4 rings (SSSR count). The summed E-state index contributed by atoms with van der Waals surface area (Å²) in [6.45, 7) is 7.39. The van der Waals surface area contributed by atoms with Crippen LogP contribution in [0.3, 0.4) is 0 Å². The Morgan fingerprint density at radius 1 is 1.28 bits per heavy atom. The van der Waals surface area contributed by atoms with Crippen LogP contribution in [0.5, 0.6) is 0 Å². The molecule has 0 aromatic heterocycles. The number of allylic oxidation sites excluding steroid dienone is 1. The number of hydrogen-bond acceptors (Lipinski definition) is 6. The van der Waals surface area contributed by atoms with Crippen molar-refractivity contribution in [1.29, 1.82) is 5.41 Å². The van der Waals surface area contributed by atoms with E-state index in [2.05, 4.69) is 34.2 Å². The Labute approximate surface area is 196 Å². The van der Waals surface area contributed by atoms with E-state index < -0.39 is 6.04 Å². The van der Waals surface area contributed by atoms with E-state index in [0.29, 0.717) is 31.7 Å². The summed E-state index contributed by atoms with van der Waals surface area (Å²) in [5.74, 6) is 1.01. The van der Waals surface area contributed by atoms with E-state index in [4.69, 9.17) is 26.7 Å². The summed E-state index contributed by atoms with van der Waals surface area (Å²) < 4.78 is 5.94. The molecule has 3 atom stereocenters. The van der Waals surface area contributed by atoms with Crippen molar-refractivity contribution in [3.05, 3.63) is 22.8 Å². The fraction of sp³-hybridized carbons (Fsp3) is 0.708. The molecule has 1 aliphatic carbocycles. The van der Waals surface area contributed by atoms with Gasteiger partial charge in [-0.2, -0.15) is 0 Å². The van der Waals surface area contributed by atoms with Crippen molar-refractivity contribution in [3.63, 3.8) is 0 Å². The molecule has 8 heteroatoms. The fourth-order valence-corrected chi connectivity index (χ4v) is 5.33. The Kier molecular flexibility index (Phi) is 8.02. The lowest BCUT2D eigenvalue weighted by atomic mass is 9.94. The van der Waals surface area contributed by atoms with Crippen LogP contribution >= 0.6 is 11.6 Å². The molecular formula is C24H36ClN5O2. The molecule has 3 heterocycles. The highest BCUT2D eigenvalue weighted by Crippen LogP contribution is 2.28. The molecule has 2 saturated heterocycles. The lowest BCUT2D eigenvalue weighted by molar-refractivity contribution is -0.120. The first kappa shape index (κ1) is 23.5. The van der Waals surface area contributed by atoms with Crippen LogP contribution in [-0.2, 0) is 9.53 Å². The summed E-state index contributed by atoms with van der Waals surface area (Å²) in [5.41, 5.74) is 1.76. The molecule has 3 aliphatic heterocycles. The van der Waals surface area contributed by atoms with Gasteiger partial charge in [-0.25, -0.2) is 4.99 Å². The van der Waals surface area contributed by atoms with Gasteiger partial charge in [-0.05, 0) is 56.3 Å². The molecular weight excluding hydrogens is 426 g/mol. The number of nitrogens with zero attached hydrogens (tertiary/aromatic N) is 3. The first-order chi connectivity index (χ1) is 15.5. The number of hydrogen-bond donors (Lipinski definition) is 2. The predicted molar refractivity (Wildman–Crippen MR) is 128 cm³/mol. The summed E-state index contributed by atoms with van der Waals surface area (Å²) >= 11 is 6.55. The third-order valence-corrected chi connectivity index (χ3v) is 6.90. The number of likely N-dealkylation sites (tertiary alicyclic amines) is 1. The zero-order valence-corrected chi connectivity index (χ0v) is 19.9. The second-order valence-electron chi connectivity index (χ2n) is 9.37. The van der Waals surface area contributed by atoms with Crippen LogP contribution < -0.4 is 5.32 Å². The van der Waals surface area contributed by atoms with Gasteiger partial charge in [-0.1, -0.05) is 31.0 Å². The minimum Gasteiger partial charge on any atom is -0.357 e. The number of fused-ring (bicyclic) bond motifs is 1. The Balaban J connectivity index is 1.50. The fourth-order valence-electron chi connectivity index (χ4n) is 4.99. The third kappa shape index (κ3) is 6.00. The number of amidine groups is 1. The lowest BCUT2D eigenvalue weighted by Gasteiger charge is -2.35. The van der Waals surface area contributed by atoms with Crippen LogP contribution in [-0.4, -0.2) is 78.9 Å². The number of aliphatic imine (C=N–C) groups is 1. The molecule has 7 nitrogen and oxygen atoms in total. The van der Waals surface area contributed by atoms with Gasteiger partial charge in [-0.3, -0.25) is 9.69 Å². The largest absolute Gasteiger partial charge is 0.357 e. The summed E-state index contributed by atoms with van der Waals surface area (Å²) in [6.07, 6.45) is 10.4. The van der Waals surface area contributed by atoms with Crippen LogP contribution in [0.4, 0.5) is 0 Å². The van der Waals surface area contributed by atoms with Crippen LogP contribution in [0.15, 0.2) is 27.7 Å². The molecule has 3 unspecified atom stereocenters. The summed E-state index contributed by atoms with van der Waals surface area (Å²) in [4.78, 5) is 21.9. The summed E-state index contributed by atoms with van der Waals surface area (Å²) in [5, 5.41) is 12.5. The van der Waals surface area contributed by atoms with E-state index in [9.17, 15) is 4.79 Å². The molecule has 1 amide bonds. The molecule has 0 spiro atoms. The molecule has 32 heavy (non-hydrogen) atoms. The molecule has 4 aliphatic rings. The molecule has 2 fully saturated rings. The summed E-state index contributed by atoms with van der Waals surface area (Å²) in [6, 6.07) is -0.446. The van der Waals surface area contributed by atoms with Gasteiger partial charge in [0.1, 0.15) is 11.9 Å². The quantitative estimate of drug-likeness (QED) is 0.543. The highest BCUT2D eigenvalue weighted by Gasteiger charge is 2.37. The van der Waals surface area contributed by atoms with E-state index in [-0.39, 0.29) is 18.1 Å². The van der Waals surface area contributed by atoms with Gasteiger partial charge in [0.05, 0.1) is 0 Å². The van der Waals surface area contributed by atoms with Gasteiger partial charge in [0.15, 0.2) is 6.23 Å². The van der Waals surface area contributed by atoms with E-state index in [0.717, 1.165) is 56.3 Å². The topological polar surface area (TPSA) is 81.0 Å². The molecule has 2 N–H and O–H groups in total. The van der Waals surface area contributed by atoms with Crippen LogP contribution in [0.1, 0.15) is 51.9 Å². The predicted octanol–water partition coefficient (Wildman–Crippen LogP) is 3.31. The van der Waals surface area contributed by atoms with Gasteiger partial charge in [0.2, 0.25) is 5.91 Å². The SMILES string of the molecule is CCCCOC1CC(=N)C2NC(=O)CCN(CC3C=C(CN4CCCC4)C=C(Cl)C3)C2=N1. The normalized spacial score (nSPS) is 29.1. The second-order valence-corrected chi connectivity index (χ2v) is 9.86. The second kappa shape index (κ2) is 10.9. The van der Waals surface area contributed by atoms with Crippen molar-refractivity contribution in [3.8, 4) is 0 Å². The molecule has 0 aromatic carbocycles. The zero-order valence-electron chi connectivity index (χ0n) is 19.1. The molecule has 0 aromatic rings. The Bertz CT molecular complexity index is 802. The van der Waals surface area contributed by atoms with E-state index >= 15 is 0 Å². The minimum atomic E-state index is -0.446. The van der Waals surface area contributed by atoms with E-state index in [1.165, 1.54) is 18.4 Å². The number of amides is 1. The van der Waals surface area contributed by atoms with Gasteiger partial charge >= 0.3 is 0 Å². The molecule has 0 radical (unpaired) electrons. The van der Waals surface area contributed by atoms with E-state index in [1.807, 2.05) is 0 Å². The van der Waals surface area contributed by atoms with Crippen molar-refractivity contribution in [2.75, 3.05) is 39.3 Å². The monoisotopic (exact) mass is 461 g/mol. The average molecular weight is 462 g/mol. The van der Waals surface area contributed by atoms with Crippen molar-refractivity contribution in [2.45, 2.75) is 64.1 Å². The number of halogens is 1. The first-order valence-electron chi connectivity index (χ1n) is 12.1. The van der Waals surface area contributed by atoms with Crippen molar-refractivity contribution < 1.29 is 9.53 Å². The Morgan fingerprint density at radius 3 is 2.88 bits per heavy atom. The number of nitrogens with one attached hydrogen (secondary N) is 2. The maximum absolute atomic E-state index is 12.3. The maximum atomic E-state index is 12.3. The van der Waals surface area contributed by atoms with Crippen LogP contribution in [0, 0.1) is 11.3 Å². The minimum absolute atomic E-state index is 0.0212. The lowest BCUT2D eigenvalue weighted by Crippen LogP contribution is -2.54. The van der Waals surface area contributed by atoms with Crippen LogP contribution in [0.25, 0.3) is 0 Å². The van der Waals surface area contributed by atoms with Gasteiger partial charge in [0, 0.05) is 49.8 Å². The van der Waals surface area contributed by atoms with Crippen LogP contribution in [0.2, 0.25) is 0 Å². The first-order valence-corrected chi connectivity index (χ1v) is 12.5. The van der Waals surface area contributed by atoms with Crippen molar-refractivity contribution in [2.24, 2.45) is 10.9 Å². The zero-order chi connectivity index (χ0) is 22.5. The molecule has 176 valence electrons. The van der Waals surface area contributed by atoms with Crippen molar-refractivity contribution >= 4 is 29.1 Å². The number of unbranched alkanes of at least 4 members (excludes halogenated alkanes) is 1. The number of ether oxygens (including phenoxy) is 1. The highest BCUT2D eigenvalue weighted by atomic mass is 35.5. The molecule has 0 bridgehead atoms. The van der Waals surface area contributed by atoms with Gasteiger partial charge < -0.3 is 20.4 Å².